The van der Waals surface area contributed by atoms with E-state index in [0.29, 0.717) is 18.2 Å². The van der Waals surface area contributed by atoms with E-state index in [1.807, 2.05) is 0 Å². The fraction of sp³-hybridized carbons (Fsp3) is 0.188. The first-order chi connectivity index (χ1) is 12.3. The Bertz CT molecular complexity index is 862. The number of carbonyl (C=O) groups is 1. The fourth-order valence-electron chi connectivity index (χ4n) is 2.14. The van der Waals surface area contributed by atoms with Crippen LogP contribution in [0, 0.1) is 5.82 Å². The first-order valence-electron chi connectivity index (χ1n) is 6.93. The number of alkyl halides is 6. The molecular formula is C16H8ClF7O3. The third-order valence-corrected chi connectivity index (χ3v) is 3.50. The van der Waals surface area contributed by atoms with Crippen molar-refractivity contribution in [2.24, 2.45) is 0 Å². The van der Waals surface area contributed by atoms with Crippen LogP contribution in [0.1, 0.15) is 22.8 Å². The second-order valence-corrected chi connectivity index (χ2v) is 5.68. The van der Waals surface area contributed by atoms with Crippen LogP contribution in [0.5, 0.6) is 5.75 Å². The highest BCUT2D eigenvalue weighted by Crippen LogP contribution is 2.40. The molecule has 27 heavy (non-hydrogen) atoms. The predicted molar refractivity (Wildman–Crippen MR) is 78.9 cm³/mol. The van der Waals surface area contributed by atoms with Gasteiger partial charge in [-0.1, -0.05) is 11.6 Å². The van der Waals surface area contributed by atoms with Crippen molar-refractivity contribution in [3.63, 3.8) is 0 Å². The van der Waals surface area contributed by atoms with Crippen LogP contribution in [0.3, 0.4) is 0 Å². The summed E-state index contributed by atoms with van der Waals surface area (Å²) in [4.78, 5) is 11.4. The first-order valence-corrected chi connectivity index (χ1v) is 7.30. The highest BCUT2D eigenvalue weighted by Gasteiger charge is 2.37. The van der Waals surface area contributed by atoms with E-state index in [1.165, 1.54) is 0 Å². The lowest BCUT2D eigenvalue weighted by atomic mass is 10.0. The maximum Gasteiger partial charge on any atom is 0.419 e. The molecule has 1 unspecified atom stereocenters. The summed E-state index contributed by atoms with van der Waals surface area (Å²) in [7, 11) is 0. The van der Waals surface area contributed by atoms with E-state index in [1.54, 1.807) is 0 Å². The summed E-state index contributed by atoms with van der Waals surface area (Å²) < 4.78 is 95.8. The Labute approximate surface area is 151 Å². The molecule has 0 heterocycles. The molecule has 0 radical (unpaired) electrons. The first kappa shape index (κ1) is 20.8. The number of aliphatic carboxylic acids is 1. The molecule has 1 N–H and O–H groups in total. The van der Waals surface area contributed by atoms with Crippen LogP contribution in [-0.2, 0) is 17.1 Å². The van der Waals surface area contributed by atoms with Crippen molar-refractivity contribution in [2.75, 3.05) is 0 Å². The summed E-state index contributed by atoms with van der Waals surface area (Å²) in [6, 6.07) is 2.86. The highest BCUT2D eigenvalue weighted by atomic mass is 35.5. The van der Waals surface area contributed by atoms with Gasteiger partial charge in [-0.15, -0.1) is 0 Å². The minimum Gasteiger partial charge on any atom is -0.478 e. The molecule has 0 fully saturated rings. The Morgan fingerprint density at radius 2 is 1.63 bits per heavy atom. The topological polar surface area (TPSA) is 46.5 Å². The quantitative estimate of drug-likeness (QED) is 0.648. The van der Waals surface area contributed by atoms with Gasteiger partial charge in [0.25, 0.3) is 0 Å². The van der Waals surface area contributed by atoms with Gasteiger partial charge in [-0.05, 0) is 36.4 Å². The lowest BCUT2D eigenvalue weighted by molar-refractivity contribution is -0.148. The average Bonchev–Trinajstić information content (AvgIpc) is 2.49. The summed E-state index contributed by atoms with van der Waals surface area (Å²) >= 11 is 5.58. The van der Waals surface area contributed by atoms with E-state index in [0.717, 1.165) is 6.07 Å². The summed E-state index contributed by atoms with van der Waals surface area (Å²) in [6.07, 6.45) is -12.3. The second-order valence-electron chi connectivity index (χ2n) is 5.25. The summed E-state index contributed by atoms with van der Waals surface area (Å²) in [6.45, 7) is 0. The Kier molecular flexibility index (Phi) is 5.60. The van der Waals surface area contributed by atoms with Crippen molar-refractivity contribution in [1.82, 2.24) is 0 Å². The Balaban J connectivity index is 2.55. The second kappa shape index (κ2) is 7.26. The summed E-state index contributed by atoms with van der Waals surface area (Å²) in [5.74, 6) is -4.39. The molecule has 2 aromatic rings. The summed E-state index contributed by atoms with van der Waals surface area (Å²) in [5, 5.41) is 8.95. The van der Waals surface area contributed by atoms with Gasteiger partial charge >= 0.3 is 18.3 Å². The van der Waals surface area contributed by atoms with Gasteiger partial charge in [-0.3, -0.25) is 0 Å². The minimum atomic E-state index is -5.01. The molecule has 2 rings (SSSR count). The zero-order chi connectivity index (χ0) is 20.6. The minimum absolute atomic E-state index is 0.114. The molecule has 146 valence electrons. The van der Waals surface area contributed by atoms with Gasteiger partial charge in [-0.25, -0.2) is 9.18 Å². The Morgan fingerprint density at radius 1 is 1.00 bits per heavy atom. The molecule has 0 bridgehead atoms. The number of carboxylic acids is 1. The van der Waals surface area contributed by atoms with Gasteiger partial charge in [0.1, 0.15) is 11.6 Å². The van der Waals surface area contributed by atoms with Crippen LogP contribution < -0.4 is 4.74 Å². The van der Waals surface area contributed by atoms with Crippen molar-refractivity contribution in [1.29, 1.82) is 0 Å². The van der Waals surface area contributed by atoms with Crippen molar-refractivity contribution in [3.05, 3.63) is 63.9 Å². The Hall–Kier alpha value is -2.49. The van der Waals surface area contributed by atoms with E-state index in [2.05, 4.69) is 0 Å². The standard InChI is InChI=1S/C16H8ClF7O3/c17-9-1-2-11(16(22,23)24)12(6-9)27-13(14(25)26)7-3-8(15(19,20)21)5-10(18)4-7/h1-6,13H,(H,25,26). The van der Waals surface area contributed by atoms with E-state index in [9.17, 15) is 40.6 Å². The van der Waals surface area contributed by atoms with E-state index in [-0.39, 0.29) is 17.2 Å². The number of carboxylic acid groups (broad SMARTS) is 1. The molecule has 0 aliphatic rings. The lowest BCUT2D eigenvalue weighted by Crippen LogP contribution is -2.21. The van der Waals surface area contributed by atoms with Crippen molar-refractivity contribution in [3.8, 4) is 5.75 Å². The van der Waals surface area contributed by atoms with E-state index >= 15 is 0 Å². The maximum atomic E-state index is 13.5. The number of rotatable bonds is 4. The van der Waals surface area contributed by atoms with Crippen molar-refractivity contribution < 1.29 is 45.4 Å². The lowest BCUT2D eigenvalue weighted by Gasteiger charge is -2.20. The van der Waals surface area contributed by atoms with Crippen LogP contribution in [-0.4, -0.2) is 11.1 Å². The number of hydrogen-bond acceptors (Lipinski definition) is 2. The molecule has 0 saturated heterocycles. The smallest absolute Gasteiger partial charge is 0.419 e. The third-order valence-electron chi connectivity index (χ3n) is 3.27. The van der Waals surface area contributed by atoms with Gasteiger partial charge in [-0.2, -0.15) is 26.3 Å². The average molecular weight is 417 g/mol. The monoisotopic (exact) mass is 416 g/mol. The zero-order valence-corrected chi connectivity index (χ0v) is 13.6. The van der Waals surface area contributed by atoms with E-state index in [4.69, 9.17) is 16.3 Å². The van der Waals surface area contributed by atoms with Crippen LogP contribution in [0.2, 0.25) is 5.02 Å². The zero-order valence-electron chi connectivity index (χ0n) is 12.8. The molecule has 11 heteroatoms. The third kappa shape index (κ3) is 5.03. The predicted octanol–water partition coefficient (Wildman–Crippen LogP) is 5.72. The van der Waals surface area contributed by atoms with Gasteiger partial charge in [0.2, 0.25) is 6.10 Å². The van der Waals surface area contributed by atoms with E-state index < -0.39 is 52.7 Å². The van der Waals surface area contributed by atoms with Gasteiger partial charge in [0, 0.05) is 10.6 Å². The van der Waals surface area contributed by atoms with Crippen LogP contribution in [0.25, 0.3) is 0 Å². The molecule has 0 saturated carbocycles. The molecule has 1 atom stereocenters. The molecule has 3 nitrogen and oxygen atoms in total. The molecule has 0 amide bonds. The number of hydrogen-bond donors (Lipinski definition) is 1. The fourth-order valence-corrected chi connectivity index (χ4v) is 2.31. The highest BCUT2D eigenvalue weighted by molar-refractivity contribution is 6.30. The van der Waals surface area contributed by atoms with Crippen LogP contribution >= 0.6 is 11.6 Å². The largest absolute Gasteiger partial charge is 0.478 e. The maximum absolute atomic E-state index is 13.5. The SMILES string of the molecule is O=C(O)C(Oc1cc(Cl)ccc1C(F)(F)F)c1cc(F)cc(C(F)(F)F)c1. The molecular weight excluding hydrogens is 409 g/mol. The molecule has 2 aromatic carbocycles. The summed E-state index contributed by atoms with van der Waals surface area (Å²) in [5.41, 5.74) is -3.75. The van der Waals surface area contributed by atoms with Gasteiger partial charge < -0.3 is 9.84 Å². The van der Waals surface area contributed by atoms with Gasteiger partial charge in [0.15, 0.2) is 0 Å². The van der Waals surface area contributed by atoms with Crippen molar-refractivity contribution >= 4 is 17.6 Å². The van der Waals surface area contributed by atoms with Crippen LogP contribution in [0.15, 0.2) is 36.4 Å². The van der Waals surface area contributed by atoms with Crippen molar-refractivity contribution in [2.45, 2.75) is 18.5 Å². The molecule has 0 aromatic heterocycles. The number of benzene rings is 2. The normalized spacial score (nSPS) is 13.3. The molecule has 0 spiro atoms. The van der Waals surface area contributed by atoms with Gasteiger partial charge in [0.05, 0.1) is 11.1 Å². The van der Waals surface area contributed by atoms with Crippen LogP contribution in [0.4, 0.5) is 30.7 Å². The molecule has 0 aliphatic carbocycles. The number of ether oxygens (including phenoxy) is 1. The molecule has 0 aliphatic heterocycles. The Morgan fingerprint density at radius 3 is 2.15 bits per heavy atom. The number of halogens is 8.